The average Bonchev–Trinajstić information content (AvgIpc) is 3.28. The molecule has 0 heterocycles. The molecule has 0 aromatic heterocycles. The molecule has 66 heavy (non-hydrogen) atoms. The van der Waals surface area contributed by atoms with Gasteiger partial charge in [0.15, 0.2) is 0 Å². The Morgan fingerprint density at radius 2 is 0.909 bits per heavy atom. The minimum Gasteiger partial charge on any atom is -0.387 e. The number of hydrogen-bond donors (Lipinski definition) is 3. The Morgan fingerprint density at radius 1 is 0.530 bits per heavy atom. The molecular formula is C57H104N2O6P+. The zero-order valence-electron chi connectivity index (χ0n) is 43.4. The molecule has 382 valence electrons. The van der Waals surface area contributed by atoms with Crippen molar-refractivity contribution in [3.63, 3.8) is 0 Å². The smallest absolute Gasteiger partial charge is 0.387 e. The number of aliphatic hydroxyl groups is 1. The predicted octanol–water partition coefficient (Wildman–Crippen LogP) is 16.1. The molecule has 0 aliphatic heterocycles. The van der Waals surface area contributed by atoms with Crippen molar-refractivity contribution in [2.75, 3.05) is 40.9 Å². The molecule has 8 nitrogen and oxygen atoms in total. The van der Waals surface area contributed by atoms with E-state index < -0.39 is 20.0 Å². The number of nitrogens with zero attached hydrogens (tertiary/aromatic N) is 1. The summed E-state index contributed by atoms with van der Waals surface area (Å²) < 4.78 is 23.6. The van der Waals surface area contributed by atoms with E-state index in [0.29, 0.717) is 17.4 Å². The van der Waals surface area contributed by atoms with E-state index in [2.05, 4.69) is 92.1 Å². The molecule has 0 spiro atoms. The van der Waals surface area contributed by atoms with Crippen molar-refractivity contribution < 1.29 is 32.9 Å². The van der Waals surface area contributed by atoms with Crippen LogP contribution in [0.2, 0.25) is 0 Å². The number of quaternary nitrogens is 1. The van der Waals surface area contributed by atoms with Crippen LogP contribution in [0, 0.1) is 0 Å². The number of unbranched alkanes of at least 4 members (excludes halogenated alkanes) is 23. The molecule has 0 aliphatic rings. The van der Waals surface area contributed by atoms with Crippen LogP contribution in [0.5, 0.6) is 0 Å². The van der Waals surface area contributed by atoms with E-state index in [4.69, 9.17) is 9.05 Å². The van der Waals surface area contributed by atoms with Gasteiger partial charge in [0.1, 0.15) is 13.2 Å². The Morgan fingerprint density at radius 3 is 1.33 bits per heavy atom. The number of aliphatic hydroxyl groups excluding tert-OH is 1. The molecule has 0 saturated heterocycles. The molecule has 0 saturated carbocycles. The molecular weight excluding hydrogens is 840 g/mol. The summed E-state index contributed by atoms with van der Waals surface area (Å²) in [6.07, 6.45) is 66.7. The largest absolute Gasteiger partial charge is 0.472 e. The summed E-state index contributed by atoms with van der Waals surface area (Å²) in [6, 6.07) is -0.851. The molecule has 3 unspecified atom stereocenters. The minimum atomic E-state index is -4.35. The van der Waals surface area contributed by atoms with Gasteiger partial charge in [-0.3, -0.25) is 13.8 Å². The molecule has 0 aromatic rings. The van der Waals surface area contributed by atoms with Crippen LogP contribution >= 0.6 is 7.82 Å². The number of carbonyl (C=O) groups excluding carboxylic acids is 1. The van der Waals surface area contributed by atoms with E-state index in [9.17, 15) is 19.4 Å². The van der Waals surface area contributed by atoms with Crippen molar-refractivity contribution in [1.29, 1.82) is 0 Å². The Labute approximate surface area is 407 Å². The monoisotopic (exact) mass is 944 g/mol. The lowest BCUT2D eigenvalue weighted by atomic mass is 10.0. The summed E-state index contributed by atoms with van der Waals surface area (Å²) in [5.41, 5.74) is 0. The third kappa shape index (κ3) is 49.6. The highest BCUT2D eigenvalue weighted by Crippen LogP contribution is 2.43. The lowest BCUT2D eigenvalue weighted by Gasteiger charge is -2.25. The van der Waals surface area contributed by atoms with Crippen LogP contribution in [0.3, 0.4) is 0 Å². The topological polar surface area (TPSA) is 105 Å². The van der Waals surface area contributed by atoms with Crippen LogP contribution in [-0.2, 0) is 18.4 Å². The van der Waals surface area contributed by atoms with Crippen LogP contribution < -0.4 is 5.32 Å². The fraction of sp³-hybridized carbons (Fsp3) is 0.737. The van der Waals surface area contributed by atoms with Crippen LogP contribution in [0.15, 0.2) is 85.1 Å². The number of amides is 1. The highest BCUT2D eigenvalue weighted by Gasteiger charge is 2.27. The van der Waals surface area contributed by atoms with E-state index in [1.54, 1.807) is 6.08 Å². The van der Waals surface area contributed by atoms with Gasteiger partial charge in [-0.2, -0.15) is 0 Å². The van der Waals surface area contributed by atoms with Crippen molar-refractivity contribution in [3.05, 3.63) is 85.1 Å². The van der Waals surface area contributed by atoms with Crippen LogP contribution in [0.1, 0.15) is 219 Å². The normalized spacial score (nSPS) is 14.7. The van der Waals surface area contributed by atoms with Crippen molar-refractivity contribution >= 4 is 13.7 Å². The lowest BCUT2D eigenvalue weighted by Crippen LogP contribution is -2.45. The maximum Gasteiger partial charge on any atom is 0.472 e. The minimum absolute atomic E-state index is 0.0581. The lowest BCUT2D eigenvalue weighted by molar-refractivity contribution is -0.870. The molecule has 0 rings (SSSR count). The second-order valence-electron chi connectivity index (χ2n) is 19.2. The fourth-order valence-electron chi connectivity index (χ4n) is 7.40. The fourth-order valence-corrected chi connectivity index (χ4v) is 8.13. The number of phosphoric acid groups is 1. The second kappa shape index (κ2) is 47.7. The number of carbonyl (C=O) groups is 1. The molecule has 0 radical (unpaired) electrons. The summed E-state index contributed by atoms with van der Waals surface area (Å²) in [4.78, 5) is 23.2. The number of hydrogen-bond acceptors (Lipinski definition) is 5. The van der Waals surface area contributed by atoms with Gasteiger partial charge in [0.25, 0.3) is 0 Å². The molecule has 0 aliphatic carbocycles. The predicted molar refractivity (Wildman–Crippen MR) is 286 cm³/mol. The van der Waals surface area contributed by atoms with Gasteiger partial charge < -0.3 is 19.8 Å². The third-order valence-corrected chi connectivity index (χ3v) is 12.6. The summed E-state index contributed by atoms with van der Waals surface area (Å²) in [7, 11) is 1.56. The van der Waals surface area contributed by atoms with E-state index in [1.807, 2.05) is 27.2 Å². The second-order valence-corrected chi connectivity index (χ2v) is 20.7. The van der Waals surface area contributed by atoms with Gasteiger partial charge in [-0.15, -0.1) is 0 Å². The van der Waals surface area contributed by atoms with Gasteiger partial charge in [0, 0.05) is 6.42 Å². The van der Waals surface area contributed by atoms with Gasteiger partial charge >= 0.3 is 7.82 Å². The first-order valence-electron chi connectivity index (χ1n) is 27.0. The standard InChI is InChI=1S/C57H103N2O6P/c1-6-8-10-12-14-16-18-20-21-22-23-24-25-26-27-28-29-30-31-32-33-34-35-36-37-39-41-43-45-47-49-51-57(61)58-55(54-65-66(62,63)64-53-52-59(3,4)5)56(60)50-48-46-44-42-40-38-19-17-15-13-11-9-7-2/h8,10,14,16,20-21,23-24,26-27,29-30,48,50,55-56,60H,6-7,9,11-13,15,17-19,22,25,28,31-47,49,51-54H2,1-5H3,(H-,58,61,62,63)/p+1/b10-8-,16-14-,21-20-,24-23-,27-26-,30-29-,50-48+. The van der Waals surface area contributed by atoms with Gasteiger partial charge in [0.05, 0.1) is 39.9 Å². The first-order valence-corrected chi connectivity index (χ1v) is 28.5. The molecule has 0 bridgehead atoms. The molecule has 3 atom stereocenters. The molecule has 0 aromatic carbocycles. The Hall–Kier alpha value is -2.32. The van der Waals surface area contributed by atoms with Gasteiger partial charge in [-0.05, 0) is 70.6 Å². The number of rotatable bonds is 48. The molecule has 1 amide bonds. The first-order chi connectivity index (χ1) is 32.0. The Bertz CT molecular complexity index is 1350. The van der Waals surface area contributed by atoms with E-state index in [1.165, 1.54) is 122 Å². The maximum atomic E-state index is 12.9. The van der Waals surface area contributed by atoms with Crippen molar-refractivity contribution in [1.82, 2.24) is 5.32 Å². The number of nitrogens with one attached hydrogen (secondary N) is 1. The van der Waals surface area contributed by atoms with Crippen molar-refractivity contribution in [3.8, 4) is 0 Å². The molecule has 3 N–H and O–H groups in total. The highest BCUT2D eigenvalue weighted by atomic mass is 31.2. The number of allylic oxidation sites excluding steroid dienone is 13. The highest BCUT2D eigenvalue weighted by molar-refractivity contribution is 7.47. The van der Waals surface area contributed by atoms with Crippen molar-refractivity contribution in [2.24, 2.45) is 0 Å². The number of phosphoric ester groups is 1. The summed E-state index contributed by atoms with van der Waals surface area (Å²) in [5.74, 6) is -0.183. The van der Waals surface area contributed by atoms with Crippen molar-refractivity contribution in [2.45, 2.75) is 231 Å². The Balaban J connectivity index is 4.15. The van der Waals surface area contributed by atoms with Crippen LogP contribution in [-0.4, -0.2) is 73.4 Å². The van der Waals surface area contributed by atoms with Crippen LogP contribution in [0.4, 0.5) is 0 Å². The first kappa shape index (κ1) is 63.7. The quantitative estimate of drug-likeness (QED) is 0.0243. The maximum absolute atomic E-state index is 12.9. The molecule has 9 heteroatoms. The zero-order valence-corrected chi connectivity index (χ0v) is 44.3. The summed E-state index contributed by atoms with van der Waals surface area (Å²) >= 11 is 0. The third-order valence-electron chi connectivity index (χ3n) is 11.6. The van der Waals surface area contributed by atoms with Gasteiger partial charge in [0.2, 0.25) is 5.91 Å². The number of likely N-dealkylation sites (N-methyl/N-ethyl adjacent to an activating group) is 1. The SMILES string of the molecule is CC/C=C\C/C=C\C/C=C\C/C=C\C/C=C\C/C=C\CCCCCCCCCCCCCCC(=O)NC(COP(=O)(O)OCC[N+](C)(C)C)C(O)/C=C/CCCCCCCCCCCCC. The van der Waals surface area contributed by atoms with Crippen LogP contribution in [0.25, 0.3) is 0 Å². The van der Waals surface area contributed by atoms with E-state index in [-0.39, 0.29) is 19.1 Å². The molecule has 0 fully saturated rings. The van der Waals surface area contributed by atoms with Gasteiger partial charge in [-0.25, -0.2) is 4.57 Å². The van der Waals surface area contributed by atoms with E-state index >= 15 is 0 Å². The van der Waals surface area contributed by atoms with Gasteiger partial charge in [-0.1, -0.05) is 227 Å². The summed E-state index contributed by atoms with van der Waals surface area (Å²) in [5, 5.41) is 13.9. The average molecular weight is 944 g/mol. The summed E-state index contributed by atoms with van der Waals surface area (Å²) in [6.45, 7) is 4.69. The zero-order chi connectivity index (χ0) is 48.5. The van der Waals surface area contributed by atoms with E-state index in [0.717, 1.165) is 77.0 Å². The Kier molecular flexibility index (Phi) is 46.1.